The third-order valence-corrected chi connectivity index (χ3v) is 3.68. The van der Waals surface area contributed by atoms with E-state index in [1.54, 1.807) is 18.2 Å². The highest BCUT2D eigenvalue weighted by atomic mass is 35.5. The van der Waals surface area contributed by atoms with E-state index in [9.17, 15) is 4.79 Å². The fraction of sp³-hybridized carbons (Fsp3) is 0.111. The lowest BCUT2D eigenvalue weighted by Gasteiger charge is -2.10. The number of nitrogens with zero attached hydrogens (tertiary/aromatic N) is 1. The summed E-state index contributed by atoms with van der Waals surface area (Å²) in [7, 11) is 3.02. The summed E-state index contributed by atoms with van der Waals surface area (Å²) >= 11 is 6.17. The van der Waals surface area contributed by atoms with Crippen molar-refractivity contribution >= 4 is 29.5 Å². The van der Waals surface area contributed by atoms with Gasteiger partial charge in [0, 0.05) is 5.56 Å². The smallest absolute Gasteiger partial charge is 0.363 e. The van der Waals surface area contributed by atoms with E-state index in [4.69, 9.17) is 25.8 Å². The van der Waals surface area contributed by atoms with Crippen LogP contribution in [-0.2, 0) is 9.53 Å². The van der Waals surface area contributed by atoms with E-state index >= 15 is 0 Å². The van der Waals surface area contributed by atoms with Gasteiger partial charge in [-0.3, -0.25) is 0 Å². The maximum atomic E-state index is 12.0. The largest absolute Gasteiger partial charge is 0.493 e. The molecule has 24 heavy (non-hydrogen) atoms. The highest BCUT2D eigenvalue weighted by Crippen LogP contribution is 2.36. The molecule has 0 amide bonds. The van der Waals surface area contributed by atoms with E-state index < -0.39 is 5.97 Å². The molecule has 2 aromatic carbocycles. The van der Waals surface area contributed by atoms with Crippen molar-refractivity contribution in [1.29, 1.82) is 0 Å². The quantitative estimate of drug-likeness (QED) is 0.627. The standard InChI is InChI=1S/C18H14ClNO4/c1-22-15-10-11(8-13(19)16(15)23-2)9-14-18(21)24-17(20-14)12-6-4-3-5-7-12/h3-10H,1-2H3/b14-9+. The number of esters is 1. The zero-order valence-corrected chi connectivity index (χ0v) is 13.8. The number of halogens is 1. The molecule has 0 bridgehead atoms. The number of benzene rings is 2. The second-order valence-corrected chi connectivity index (χ2v) is 5.35. The van der Waals surface area contributed by atoms with E-state index in [0.29, 0.717) is 22.1 Å². The fourth-order valence-corrected chi connectivity index (χ4v) is 2.59. The van der Waals surface area contributed by atoms with Crippen LogP contribution in [0, 0.1) is 0 Å². The van der Waals surface area contributed by atoms with Gasteiger partial charge in [0.1, 0.15) is 0 Å². The minimum Gasteiger partial charge on any atom is -0.493 e. The molecule has 1 aliphatic rings. The summed E-state index contributed by atoms with van der Waals surface area (Å²) in [6, 6.07) is 12.6. The van der Waals surface area contributed by atoms with Crippen LogP contribution in [0.15, 0.2) is 53.2 Å². The molecule has 0 aliphatic carbocycles. The van der Waals surface area contributed by atoms with Gasteiger partial charge in [0.05, 0.1) is 19.2 Å². The van der Waals surface area contributed by atoms with E-state index in [-0.39, 0.29) is 11.6 Å². The Balaban J connectivity index is 1.98. The van der Waals surface area contributed by atoms with Gasteiger partial charge >= 0.3 is 5.97 Å². The molecule has 0 saturated heterocycles. The van der Waals surface area contributed by atoms with Gasteiger partial charge in [0.25, 0.3) is 0 Å². The van der Waals surface area contributed by atoms with Gasteiger partial charge in [-0.05, 0) is 35.9 Å². The van der Waals surface area contributed by atoms with Crippen molar-refractivity contribution in [3.05, 3.63) is 64.3 Å². The van der Waals surface area contributed by atoms with Crippen molar-refractivity contribution in [3.63, 3.8) is 0 Å². The van der Waals surface area contributed by atoms with Crippen molar-refractivity contribution < 1.29 is 19.0 Å². The summed E-state index contributed by atoms with van der Waals surface area (Å²) in [6.45, 7) is 0. The lowest BCUT2D eigenvalue weighted by atomic mass is 10.1. The zero-order valence-electron chi connectivity index (χ0n) is 13.1. The van der Waals surface area contributed by atoms with E-state index in [1.807, 2.05) is 30.3 Å². The summed E-state index contributed by atoms with van der Waals surface area (Å²) in [5.41, 5.74) is 1.58. The molecule has 5 nitrogen and oxygen atoms in total. The molecule has 1 heterocycles. The SMILES string of the molecule is COc1cc(/C=C2/N=C(c3ccccc3)OC2=O)cc(Cl)c1OC. The van der Waals surface area contributed by atoms with Gasteiger partial charge in [-0.25, -0.2) is 9.79 Å². The van der Waals surface area contributed by atoms with Crippen LogP contribution in [0.1, 0.15) is 11.1 Å². The first-order valence-electron chi connectivity index (χ1n) is 7.12. The van der Waals surface area contributed by atoms with E-state index in [0.717, 1.165) is 5.56 Å². The maximum absolute atomic E-state index is 12.0. The number of cyclic esters (lactones) is 1. The molecule has 0 spiro atoms. The van der Waals surface area contributed by atoms with Gasteiger partial charge in [-0.2, -0.15) is 0 Å². The van der Waals surface area contributed by atoms with Gasteiger partial charge in [0.15, 0.2) is 17.2 Å². The third kappa shape index (κ3) is 3.12. The summed E-state index contributed by atoms with van der Waals surface area (Å²) < 4.78 is 15.7. The highest BCUT2D eigenvalue weighted by Gasteiger charge is 2.24. The molecular formula is C18H14ClNO4. The average molecular weight is 344 g/mol. The number of methoxy groups -OCH3 is 2. The van der Waals surface area contributed by atoms with Crippen molar-refractivity contribution in [2.75, 3.05) is 14.2 Å². The molecule has 0 fully saturated rings. The first kappa shape index (κ1) is 16.1. The maximum Gasteiger partial charge on any atom is 0.363 e. The monoisotopic (exact) mass is 343 g/mol. The molecule has 0 atom stereocenters. The molecule has 0 unspecified atom stereocenters. The van der Waals surface area contributed by atoms with Crippen LogP contribution in [0.25, 0.3) is 6.08 Å². The van der Waals surface area contributed by atoms with Gasteiger partial charge in [-0.1, -0.05) is 29.8 Å². The second-order valence-electron chi connectivity index (χ2n) is 4.94. The van der Waals surface area contributed by atoms with Crippen molar-refractivity contribution in [3.8, 4) is 11.5 Å². The Morgan fingerprint density at radius 3 is 2.54 bits per heavy atom. The number of ether oxygens (including phenoxy) is 3. The molecule has 0 N–H and O–H groups in total. The summed E-state index contributed by atoms with van der Waals surface area (Å²) in [6.07, 6.45) is 1.59. The van der Waals surface area contributed by atoms with Crippen LogP contribution < -0.4 is 9.47 Å². The van der Waals surface area contributed by atoms with Crippen LogP contribution in [-0.4, -0.2) is 26.1 Å². The van der Waals surface area contributed by atoms with Crippen molar-refractivity contribution in [1.82, 2.24) is 0 Å². The zero-order chi connectivity index (χ0) is 17.1. The number of carbonyl (C=O) groups is 1. The Labute approximate surface area is 144 Å². The third-order valence-electron chi connectivity index (χ3n) is 3.40. The summed E-state index contributed by atoms with van der Waals surface area (Å²) in [5.74, 6) is 0.664. The number of aliphatic imine (C=N–C) groups is 1. The first-order chi connectivity index (χ1) is 11.6. The number of hydrogen-bond donors (Lipinski definition) is 0. The summed E-state index contributed by atoms with van der Waals surface area (Å²) in [4.78, 5) is 16.3. The normalized spacial score (nSPS) is 15.2. The van der Waals surface area contributed by atoms with Gasteiger partial charge < -0.3 is 14.2 Å². The van der Waals surface area contributed by atoms with E-state index in [2.05, 4.69) is 4.99 Å². The molecule has 3 rings (SSSR count). The van der Waals surface area contributed by atoms with Crippen LogP contribution >= 0.6 is 11.6 Å². The lowest BCUT2D eigenvalue weighted by molar-refractivity contribution is -0.129. The van der Waals surface area contributed by atoms with Crippen molar-refractivity contribution in [2.24, 2.45) is 4.99 Å². The second kappa shape index (κ2) is 6.76. The van der Waals surface area contributed by atoms with Gasteiger partial charge in [-0.15, -0.1) is 0 Å². The molecular weight excluding hydrogens is 330 g/mol. The summed E-state index contributed by atoms with van der Waals surface area (Å²) in [5, 5.41) is 0.377. The number of rotatable bonds is 4. The topological polar surface area (TPSA) is 57.1 Å². The number of carbonyl (C=O) groups excluding carboxylic acids is 1. The lowest BCUT2D eigenvalue weighted by Crippen LogP contribution is -2.04. The number of hydrogen-bond acceptors (Lipinski definition) is 5. The molecule has 122 valence electrons. The van der Waals surface area contributed by atoms with Crippen LogP contribution in [0.3, 0.4) is 0 Å². The Bertz CT molecular complexity index is 844. The molecule has 0 aromatic heterocycles. The molecule has 0 saturated carbocycles. The van der Waals surface area contributed by atoms with Crippen LogP contribution in [0.5, 0.6) is 11.5 Å². The predicted molar refractivity (Wildman–Crippen MR) is 91.6 cm³/mol. The first-order valence-corrected chi connectivity index (χ1v) is 7.49. The molecule has 1 aliphatic heterocycles. The predicted octanol–water partition coefficient (Wildman–Crippen LogP) is 3.70. The Morgan fingerprint density at radius 2 is 1.88 bits per heavy atom. The highest BCUT2D eigenvalue weighted by molar-refractivity contribution is 6.32. The molecule has 6 heteroatoms. The van der Waals surface area contributed by atoms with Crippen LogP contribution in [0.4, 0.5) is 0 Å². The minimum absolute atomic E-state index is 0.192. The average Bonchev–Trinajstić information content (AvgIpc) is 2.96. The van der Waals surface area contributed by atoms with Gasteiger partial charge in [0.2, 0.25) is 5.90 Å². The Kier molecular flexibility index (Phi) is 4.53. The molecule has 0 radical (unpaired) electrons. The molecule has 2 aromatic rings. The van der Waals surface area contributed by atoms with Crippen LogP contribution in [0.2, 0.25) is 5.02 Å². The minimum atomic E-state index is -0.514. The van der Waals surface area contributed by atoms with Crippen molar-refractivity contribution in [2.45, 2.75) is 0 Å². The Morgan fingerprint density at radius 1 is 1.12 bits per heavy atom. The Hall–Kier alpha value is -2.79. The fourth-order valence-electron chi connectivity index (χ4n) is 2.29. The van der Waals surface area contributed by atoms with E-state index in [1.165, 1.54) is 14.2 Å².